The van der Waals surface area contributed by atoms with Crippen LogP contribution in [0.2, 0.25) is 5.02 Å². The molecule has 21 heavy (non-hydrogen) atoms. The first-order valence-corrected chi connectivity index (χ1v) is 8.68. The highest BCUT2D eigenvalue weighted by Crippen LogP contribution is 2.21. The number of halogens is 1. The summed E-state index contributed by atoms with van der Waals surface area (Å²) in [5.74, 6) is 0.887. The predicted molar refractivity (Wildman–Crippen MR) is 91.1 cm³/mol. The molecule has 1 atom stereocenters. The van der Waals surface area contributed by atoms with Crippen LogP contribution in [0.1, 0.15) is 25.2 Å². The molecule has 0 fully saturated rings. The zero-order chi connectivity index (χ0) is 15.2. The van der Waals surface area contributed by atoms with Crippen molar-refractivity contribution in [2.24, 2.45) is 5.73 Å². The molecule has 2 aromatic rings. The number of hydrogen-bond donors (Lipinski definition) is 1. The van der Waals surface area contributed by atoms with Crippen LogP contribution in [0.15, 0.2) is 35.2 Å². The predicted octanol–water partition coefficient (Wildman–Crippen LogP) is 3.78. The van der Waals surface area contributed by atoms with Gasteiger partial charge in [0, 0.05) is 40.4 Å². The molecule has 0 saturated carbocycles. The third-order valence-corrected chi connectivity index (χ3v) is 4.78. The molecule has 0 radical (unpaired) electrons. The zero-order valence-corrected chi connectivity index (χ0v) is 14.1. The summed E-state index contributed by atoms with van der Waals surface area (Å²) in [7, 11) is 0. The summed E-state index contributed by atoms with van der Waals surface area (Å²) in [6.07, 6.45) is 1.83. The number of nitrogens with zero attached hydrogens (tertiary/aromatic N) is 2. The van der Waals surface area contributed by atoms with Crippen molar-refractivity contribution < 1.29 is 0 Å². The van der Waals surface area contributed by atoms with Crippen LogP contribution in [0.5, 0.6) is 0 Å². The van der Waals surface area contributed by atoms with Gasteiger partial charge in [-0.3, -0.25) is 4.68 Å². The Morgan fingerprint density at radius 2 is 2.00 bits per heavy atom. The zero-order valence-electron chi connectivity index (χ0n) is 12.6. The first-order valence-electron chi connectivity index (χ1n) is 7.32. The Bertz CT molecular complexity index is 565. The summed E-state index contributed by atoms with van der Waals surface area (Å²) < 4.78 is 2.06. The van der Waals surface area contributed by atoms with Crippen LogP contribution >= 0.6 is 23.4 Å². The van der Waals surface area contributed by atoms with Gasteiger partial charge in [0.25, 0.3) is 0 Å². The molecule has 114 valence electrons. The van der Waals surface area contributed by atoms with Crippen LogP contribution < -0.4 is 5.73 Å². The van der Waals surface area contributed by atoms with Crippen LogP contribution in [0.4, 0.5) is 0 Å². The molecule has 1 aromatic carbocycles. The Balaban J connectivity index is 1.90. The van der Waals surface area contributed by atoms with Gasteiger partial charge in [0.05, 0.1) is 5.69 Å². The van der Waals surface area contributed by atoms with Crippen molar-refractivity contribution in [3.63, 3.8) is 0 Å². The normalized spacial score (nSPS) is 12.6. The molecule has 1 heterocycles. The van der Waals surface area contributed by atoms with Gasteiger partial charge in [-0.15, -0.1) is 11.8 Å². The third kappa shape index (κ3) is 4.77. The standard InChI is InChI=1S/C16H22ClN3S/c1-3-14-10-15(20(4-2)19-14)9-13(18)11-21-16-7-5-12(17)6-8-16/h5-8,10,13H,3-4,9,11,18H2,1-2H3. The topological polar surface area (TPSA) is 43.8 Å². The molecular weight excluding hydrogens is 302 g/mol. The Labute approximate surface area is 135 Å². The first-order chi connectivity index (χ1) is 10.1. The van der Waals surface area contributed by atoms with Crippen molar-refractivity contribution in [2.75, 3.05) is 5.75 Å². The lowest BCUT2D eigenvalue weighted by molar-refractivity contribution is 0.592. The van der Waals surface area contributed by atoms with Gasteiger partial charge >= 0.3 is 0 Å². The van der Waals surface area contributed by atoms with Crippen molar-refractivity contribution in [2.45, 2.75) is 44.2 Å². The lowest BCUT2D eigenvalue weighted by Crippen LogP contribution is -2.26. The van der Waals surface area contributed by atoms with Gasteiger partial charge in [-0.25, -0.2) is 0 Å². The summed E-state index contributed by atoms with van der Waals surface area (Å²) in [5.41, 5.74) is 8.65. The highest BCUT2D eigenvalue weighted by molar-refractivity contribution is 7.99. The van der Waals surface area contributed by atoms with E-state index < -0.39 is 0 Å². The first kappa shape index (κ1) is 16.4. The van der Waals surface area contributed by atoms with Gasteiger partial charge < -0.3 is 5.73 Å². The van der Waals surface area contributed by atoms with E-state index in [4.69, 9.17) is 17.3 Å². The highest BCUT2D eigenvalue weighted by Gasteiger charge is 2.11. The number of aromatic nitrogens is 2. The molecule has 1 aromatic heterocycles. The van der Waals surface area contributed by atoms with Crippen molar-refractivity contribution in [3.05, 3.63) is 46.7 Å². The van der Waals surface area contributed by atoms with Crippen molar-refractivity contribution in [3.8, 4) is 0 Å². The van der Waals surface area contributed by atoms with E-state index in [1.54, 1.807) is 11.8 Å². The number of rotatable bonds is 7. The maximum absolute atomic E-state index is 6.27. The van der Waals surface area contributed by atoms with E-state index in [9.17, 15) is 0 Å². The van der Waals surface area contributed by atoms with Gasteiger partial charge in [0.15, 0.2) is 0 Å². The quantitative estimate of drug-likeness (QED) is 0.789. The molecule has 0 amide bonds. The number of nitrogens with two attached hydrogens (primary N) is 1. The fourth-order valence-electron chi connectivity index (χ4n) is 2.19. The SMILES string of the molecule is CCc1cc(CC(N)CSc2ccc(Cl)cc2)n(CC)n1. The Hall–Kier alpha value is -0.970. The van der Waals surface area contributed by atoms with Crippen molar-refractivity contribution in [1.82, 2.24) is 9.78 Å². The largest absolute Gasteiger partial charge is 0.327 e. The summed E-state index contributed by atoms with van der Waals surface area (Å²) >= 11 is 7.66. The van der Waals surface area contributed by atoms with E-state index in [0.717, 1.165) is 35.9 Å². The van der Waals surface area contributed by atoms with Crippen LogP contribution in [-0.4, -0.2) is 21.6 Å². The van der Waals surface area contributed by atoms with Gasteiger partial charge in [0.2, 0.25) is 0 Å². The average molecular weight is 324 g/mol. The summed E-state index contributed by atoms with van der Waals surface area (Å²) in [6.45, 7) is 5.14. The molecule has 0 aliphatic heterocycles. The summed E-state index contributed by atoms with van der Waals surface area (Å²) in [5, 5.41) is 5.33. The highest BCUT2D eigenvalue weighted by atomic mass is 35.5. The maximum atomic E-state index is 6.27. The monoisotopic (exact) mass is 323 g/mol. The van der Waals surface area contributed by atoms with Crippen LogP contribution in [0.25, 0.3) is 0 Å². The number of thioether (sulfide) groups is 1. The molecule has 5 heteroatoms. The minimum absolute atomic E-state index is 0.123. The van der Waals surface area contributed by atoms with Crippen molar-refractivity contribution >= 4 is 23.4 Å². The molecule has 0 spiro atoms. The second-order valence-corrected chi connectivity index (χ2v) is 6.56. The Morgan fingerprint density at radius 1 is 1.29 bits per heavy atom. The molecule has 0 saturated heterocycles. The van der Waals surface area contributed by atoms with Crippen LogP contribution in [0, 0.1) is 0 Å². The van der Waals surface area contributed by atoms with E-state index in [-0.39, 0.29) is 6.04 Å². The molecule has 1 unspecified atom stereocenters. The third-order valence-electron chi connectivity index (χ3n) is 3.32. The molecule has 0 bridgehead atoms. The fourth-order valence-corrected chi connectivity index (χ4v) is 3.17. The lowest BCUT2D eigenvalue weighted by Gasteiger charge is -2.12. The van der Waals surface area contributed by atoms with Gasteiger partial charge in [0.1, 0.15) is 0 Å². The molecule has 3 nitrogen and oxygen atoms in total. The number of aryl methyl sites for hydroxylation is 2. The number of benzene rings is 1. The lowest BCUT2D eigenvalue weighted by atomic mass is 10.2. The van der Waals surface area contributed by atoms with Crippen LogP contribution in [0.3, 0.4) is 0 Å². The second kappa shape index (κ2) is 7.87. The molecule has 2 rings (SSSR count). The average Bonchev–Trinajstić information content (AvgIpc) is 2.89. The van der Waals surface area contributed by atoms with E-state index >= 15 is 0 Å². The van der Waals surface area contributed by atoms with Gasteiger partial charge in [-0.05, 0) is 43.7 Å². The summed E-state index contributed by atoms with van der Waals surface area (Å²) in [6, 6.07) is 10.2. The van der Waals surface area contributed by atoms with E-state index in [0.29, 0.717) is 0 Å². The summed E-state index contributed by atoms with van der Waals surface area (Å²) in [4.78, 5) is 1.20. The van der Waals surface area contributed by atoms with E-state index in [2.05, 4.69) is 29.7 Å². The van der Waals surface area contributed by atoms with E-state index in [1.807, 2.05) is 24.3 Å². The number of hydrogen-bond acceptors (Lipinski definition) is 3. The minimum Gasteiger partial charge on any atom is -0.327 e. The van der Waals surface area contributed by atoms with Crippen molar-refractivity contribution in [1.29, 1.82) is 0 Å². The van der Waals surface area contributed by atoms with Gasteiger partial charge in [-0.2, -0.15) is 5.10 Å². The molecule has 0 aliphatic carbocycles. The fraction of sp³-hybridized carbons (Fsp3) is 0.438. The molecule has 2 N–H and O–H groups in total. The minimum atomic E-state index is 0.123. The molecule has 0 aliphatic rings. The second-order valence-electron chi connectivity index (χ2n) is 5.03. The molecular formula is C16H22ClN3S. The maximum Gasteiger partial charge on any atom is 0.0624 e. The van der Waals surface area contributed by atoms with Crippen LogP contribution in [-0.2, 0) is 19.4 Å². The Morgan fingerprint density at radius 3 is 2.62 bits per heavy atom. The smallest absolute Gasteiger partial charge is 0.0624 e. The van der Waals surface area contributed by atoms with Gasteiger partial charge in [-0.1, -0.05) is 18.5 Å². The van der Waals surface area contributed by atoms with E-state index in [1.165, 1.54) is 10.6 Å². The Kier molecular flexibility index (Phi) is 6.15.